The largest absolute Gasteiger partial charge is 0.481 e. The quantitative estimate of drug-likeness (QED) is 0.233. The highest BCUT2D eigenvalue weighted by Gasteiger charge is 2.41. The zero-order valence-corrected chi connectivity index (χ0v) is 18.1. The van der Waals surface area contributed by atoms with E-state index in [2.05, 4.69) is 13.0 Å². The molecule has 1 aliphatic carbocycles. The molecule has 5 atom stereocenters. The molecule has 0 aliphatic heterocycles. The number of unbranched alkanes of at least 4 members (excludes halogenated alkanes) is 3. The number of aliphatic hydroxyl groups is 2. The van der Waals surface area contributed by atoms with Gasteiger partial charge in [0.1, 0.15) is 0 Å². The molecule has 4 nitrogen and oxygen atoms in total. The van der Waals surface area contributed by atoms with Crippen LogP contribution in [-0.2, 0) is 4.79 Å². The van der Waals surface area contributed by atoms with Crippen molar-refractivity contribution >= 4 is 17.6 Å². The predicted octanol–water partition coefficient (Wildman–Crippen LogP) is 5.57. The number of carboxylic acids is 1. The second-order valence-electron chi connectivity index (χ2n) is 8.18. The molecule has 1 saturated carbocycles. The first kappa shape index (κ1) is 23.9. The fourth-order valence-corrected chi connectivity index (χ4v) is 4.71. The Morgan fingerprint density at radius 2 is 1.93 bits per heavy atom. The van der Waals surface area contributed by atoms with Gasteiger partial charge >= 0.3 is 5.97 Å². The Morgan fingerprint density at radius 3 is 2.59 bits per heavy atom. The van der Waals surface area contributed by atoms with Gasteiger partial charge in [-0.25, -0.2) is 0 Å². The molecule has 2 rings (SSSR count). The van der Waals surface area contributed by atoms with E-state index in [0.29, 0.717) is 12.8 Å². The summed E-state index contributed by atoms with van der Waals surface area (Å²) < 4.78 is 0. The number of allylic oxidation sites excluding steroid dienone is 2. The van der Waals surface area contributed by atoms with Crippen LogP contribution in [0.5, 0.6) is 0 Å². The van der Waals surface area contributed by atoms with Gasteiger partial charge in [-0.1, -0.05) is 62.6 Å². The van der Waals surface area contributed by atoms with Gasteiger partial charge in [0.05, 0.1) is 12.2 Å². The average Bonchev–Trinajstić information content (AvgIpc) is 2.97. The minimum atomic E-state index is -0.767. The van der Waals surface area contributed by atoms with Gasteiger partial charge in [0.2, 0.25) is 0 Å². The van der Waals surface area contributed by atoms with Crippen LogP contribution in [0.25, 0.3) is 0 Å². The number of hydrogen-bond acceptors (Lipinski definition) is 3. The first-order valence-electron chi connectivity index (χ1n) is 10.9. The maximum absolute atomic E-state index is 10.6. The van der Waals surface area contributed by atoms with Crippen molar-refractivity contribution in [2.24, 2.45) is 5.92 Å². The van der Waals surface area contributed by atoms with Crippen LogP contribution >= 0.6 is 11.6 Å². The molecule has 1 unspecified atom stereocenters. The Hall–Kier alpha value is -1.36. The number of halogens is 1. The van der Waals surface area contributed by atoms with Gasteiger partial charge in [-0.3, -0.25) is 4.79 Å². The molecule has 0 bridgehead atoms. The average molecular weight is 423 g/mol. The highest BCUT2D eigenvalue weighted by atomic mass is 35.5. The molecule has 0 saturated heterocycles. The number of carbonyl (C=O) groups is 1. The second kappa shape index (κ2) is 12.4. The monoisotopic (exact) mass is 422 g/mol. The summed E-state index contributed by atoms with van der Waals surface area (Å²) in [5, 5.41) is 29.5. The summed E-state index contributed by atoms with van der Waals surface area (Å²) in [6.45, 7) is 2.15. The fourth-order valence-electron chi connectivity index (χ4n) is 4.26. The van der Waals surface area contributed by atoms with E-state index in [1.807, 2.05) is 30.3 Å². The van der Waals surface area contributed by atoms with Crippen LogP contribution in [0.2, 0.25) is 0 Å². The molecule has 0 radical (unpaired) electrons. The molecule has 5 heteroatoms. The summed E-state index contributed by atoms with van der Waals surface area (Å²) in [4.78, 5) is 10.6. The van der Waals surface area contributed by atoms with Crippen LogP contribution in [0.4, 0.5) is 0 Å². The fraction of sp³-hybridized carbons (Fsp3) is 0.625. The van der Waals surface area contributed by atoms with E-state index in [-0.39, 0.29) is 23.6 Å². The van der Waals surface area contributed by atoms with E-state index in [1.54, 1.807) is 0 Å². The first-order valence-corrected chi connectivity index (χ1v) is 11.3. The molecule has 1 aliphatic rings. The lowest BCUT2D eigenvalue weighted by Gasteiger charge is -2.23. The van der Waals surface area contributed by atoms with E-state index in [0.717, 1.165) is 49.7 Å². The molecule has 3 N–H and O–H groups in total. The molecule has 1 aromatic carbocycles. The van der Waals surface area contributed by atoms with Crippen LogP contribution in [0.3, 0.4) is 0 Å². The Balaban J connectivity index is 1.96. The molecule has 0 amide bonds. The lowest BCUT2D eigenvalue weighted by Crippen LogP contribution is -2.18. The Labute approximate surface area is 179 Å². The molecule has 0 heterocycles. The van der Waals surface area contributed by atoms with Gasteiger partial charge in [0, 0.05) is 17.7 Å². The standard InChI is InChI=1S/C24H35ClO4/c1-2-3-6-10-21(26)17-12-14-18(15-13-17)24-19(20(25)16-22(24)27)9-7-4-5-8-11-23(28)29/h4,7,12-15,19-22,24,26-27H,2-3,5-6,8-11,16H2,1H3,(H,28,29)/b7-4-/t19-,20+,21?,22+,24-/m0/s1. The minimum Gasteiger partial charge on any atom is -0.481 e. The van der Waals surface area contributed by atoms with Crippen molar-refractivity contribution in [3.63, 3.8) is 0 Å². The normalized spacial score (nSPS) is 25.5. The van der Waals surface area contributed by atoms with Gasteiger partial charge in [0.25, 0.3) is 0 Å². The number of alkyl halides is 1. The number of rotatable bonds is 12. The van der Waals surface area contributed by atoms with Gasteiger partial charge in [-0.05, 0) is 49.1 Å². The van der Waals surface area contributed by atoms with Crippen molar-refractivity contribution in [2.75, 3.05) is 0 Å². The van der Waals surface area contributed by atoms with Gasteiger partial charge in [-0.2, -0.15) is 0 Å². The summed E-state index contributed by atoms with van der Waals surface area (Å²) >= 11 is 6.54. The molecular formula is C24H35ClO4. The van der Waals surface area contributed by atoms with E-state index in [4.69, 9.17) is 16.7 Å². The lowest BCUT2D eigenvalue weighted by atomic mass is 9.84. The van der Waals surface area contributed by atoms with Crippen LogP contribution in [0.15, 0.2) is 36.4 Å². The summed E-state index contributed by atoms with van der Waals surface area (Å²) in [6, 6.07) is 7.98. The van der Waals surface area contributed by atoms with Crippen LogP contribution in [0, 0.1) is 5.92 Å². The topological polar surface area (TPSA) is 77.8 Å². The Kier molecular flexibility index (Phi) is 10.2. The highest BCUT2D eigenvalue weighted by molar-refractivity contribution is 6.21. The van der Waals surface area contributed by atoms with Crippen LogP contribution in [-0.4, -0.2) is 32.8 Å². The zero-order valence-electron chi connectivity index (χ0n) is 17.3. The molecule has 0 aromatic heterocycles. The summed E-state index contributed by atoms with van der Waals surface area (Å²) in [6.07, 6.45) is 10.2. The molecule has 162 valence electrons. The lowest BCUT2D eigenvalue weighted by molar-refractivity contribution is -0.137. The number of hydrogen-bond donors (Lipinski definition) is 3. The third-order valence-electron chi connectivity index (χ3n) is 5.93. The Morgan fingerprint density at radius 1 is 1.21 bits per heavy atom. The minimum absolute atomic E-state index is 0.0209. The second-order valence-corrected chi connectivity index (χ2v) is 8.74. The first-order chi connectivity index (χ1) is 13.9. The SMILES string of the molecule is CCCCCC(O)c1ccc([C@H]2[C@@H](C/C=C\CCCC(=O)O)[C@H](Cl)C[C@H]2O)cc1. The van der Waals surface area contributed by atoms with E-state index in [1.165, 1.54) is 0 Å². The highest BCUT2D eigenvalue weighted by Crippen LogP contribution is 2.45. The zero-order chi connectivity index (χ0) is 21.2. The van der Waals surface area contributed by atoms with Gasteiger partial charge in [0.15, 0.2) is 0 Å². The Bertz CT molecular complexity index is 643. The molecule has 1 aromatic rings. The molecule has 0 spiro atoms. The van der Waals surface area contributed by atoms with E-state index < -0.39 is 18.2 Å². The molecule has 1 fully saturated rings. The van der Waals surface area contributed by atoms with E-state index in [9.17, 15) is 15.0 Å². The number of aliphatic carboxylic acids is 1. The summed E-state index contributed by atoms with van der Waals surface area (Å²) in [7, 11) is 0. The third kappa shape index (κ3) is 7.44. The van der Waals surface area contributed by atoms with Crippen LogP contribution in [0.1, 0.15) is 87.9 Å². The number of benzene rings is 1. The van der Waals surface area contributed by atoms with Crippen molar-refractivity contribution in [2.45, 2.75) is 88.2 Å². The van der Waals surface area contributed by atoms with Crippen LogP contribution < -0.4 is 0 Å². The number of carboxylic acid groups (broad SMARTS) is 1. The number of aliphatic hydroxyl groups excluding tert-OH is 2. The molecule has 29 heavy (non-hydrogen) atoms. The molecular weight excluding hydrogens is 388 g/mol. The van der Waals surface area contributed by atoms with Gasteiger partial charge < -0.3 is 15.3 Å². The maximum Gasteiger partial charge on any atom is 0.303 e. The third-order valence-corrected chi connectivity index (χ3v) is 6.43. The van der Waals surface area contributed by atoms with Crippen molar-refractivity contribution in [3.8, 4) is 0 Å². The predicted molar refractivity (Wildman–Crippen MR) is 117 cm³/mol. The van der Waals surface area contributed by atoms with Gasteiger partial charge in [-0.15, -0.1) is 11.6 Å². The van der Waals surface area contributed by atoms with Crippen molar-refractivity contribution in [3.05, 3.63) is 47.5 Å². The van der Waals surface area contributed by atoms with Crippen molar-refractivity contribution < 1.29 is 20.1 Å². The van der Waals surface area contributed by atoms with Crippen molar-refractivity contribution in [1.82, 2.24) is 0 Å². The smallest absolute Gasteiger partial charge is 0.303 e. The maximum atomic E-state index is 10.6. The van der Waals surface area contributed by atoms with Crippen molar-refractivity contribution in [1.29, 1.82) is 0 Å². The van der Waals surface area contributed by atoms with E-state index >= 15 is 0 Å². The summed E-state index contributed by atoms with van der Waals surface area (Å²) in [5.74, 6) is -0.646. The summed E-state index contributed by atoms with van der Waals surface area (Å²) in [5.41, 5.74) is 1.99.